The quantitative estimate of drug-likeness (QED) is 0.326. The van der Waals surface area contributed by atoms with Crippen molar-refractivity contribution in [3.05, 3.63) is 35.5 Å². The second-order valence-electron chi connectivity index (χ2n) is 13.4. The average Bonchev–Trinajstić information content (AvgIpc) is 3.08. The summed E-state index contributed by atoms with van der Waals surface area (Å²) in [5, 5.41) is 21.1. The Morgan fingerprint density at radius 2 is 1.79 bits per heavy atom. The second-order valence-corrected chi connectivity index (χ2v) is 13.4. The van der Waals surface area contributed by atoms with Gasteiger partial charge in [0, 0.05) is 0 Å². The highest BCUT2D eigenvalue weighted by atomic mass is 16.3. The lowest BCUT2D eigenvalue weighted by Crippen LogP contribution is -2.36. The first-order chi connectivity index (χ1) is 15.3. The van der Waals surface area contributed by atoms with Crippen LogP contribution >= 0.6 is 0 Å². The molecule has 0 spiro atoms. The molecule has 0 saturated heterocycles. The smallest absolute Gasteiger partial charge is 0.0809 e. The van der Waals surface area contributed by atoms with E-state index in [2.05, 4.69) is 67.2 Å². The van der Waals surface area contributed by atoms with Crippen LogP contribution in [0.25, 0.3) is 0 Å². The molecule has 188 valence electrons. The summed E-state index contributed by atoms with van der Waals surface area (Å²) in [4.78, 5) is 0. The van der Waals surface area contributed by atoms with E-state index in [0.29, 0.717) is 28.7 Å². The number of aliphatic hydroxyl groups is 2. The highest BCUT2D eigenvalue weighted by Crippen LogP contribution is 2.60. The summed E-state index contributed by atoms with van der Waals surface area (Å²) in [5.41, 5.74) is 4.36. The zero-order chi connectivity index (χ0) is 24.6. The van der Waals surface area contributed by atoms with Gasteiger partial charge in [0.25, 0.3) is 0 Å². The van der Waals surface area contributed by atoms with Crippen LogP contribution in [0.4, 0.5) is 0 Å². The molecule has 33 heavy (non-hydrogen) atoms. The summed E-state index contributed by atoms with van der Waals surface area (Å²) >= 11 is 0. The fourth-order valence-corrected chi connectivity index (χ4v) is 7.49. The van der Waals surface area contributed by atoms with Gasteiger partial charge < -0.3 is 10.2 Å². The molecule has 0 aromatic carbocycles. The molecule has 0 aliphatic heterocycles. The number of aliphatic hydroxyl groups excluding tert-OH is 2. The zero-order valence-electron chi connectivity index (χ0n) is 22.7. The Balaban J connectivity index is 1.75. The number of allylic oxidation sites excluding steroid dienone is 3. The van der Waals surface area contributed by atoms with Gasteiger partial charge in [0.2, 0.25) is 0 Å². The van der Waals surface area contributed by atoms with Gasteiger partial charge in [0.15, 0.2) is 0 Å². The van der Waals surface area contributed by atoms with E-state index in [0.717, 1.165) is 11.8 Å². The molecule has 0 aromatic rings. The van der Waals surface area contributed by atoms with Crippen LogP contribution in [0.1, 0.15) is 106 Å². The summed E-state index contributed by atoms with van der Waals surface area (Å²) in [5.74, 6) is 2.70. The van der Waals surface area contributed by atoms with E-state index in [9.17, 15) is 10.2 Å². The molecule has 0 aromatic heterocycles. The number of hydrogen-bond donors (Lipinski definition) is 2. The standard InChI is InChI=1S/C31H52O2/c1-20(11-9-17-30(5,6)7)26-15-16-27-24(12-10-18-31(26,27)8)13-14-25-19-28(32)23(4)29(33)22(3)21(25)2/h13-14,20-22,26-29,32-33H,4,9-12,15-19H2,1-3,5-8H3/b24-13+,25-14-/t20-,21?,22?,26-,27+,28-,29-,31-/m1/s1. The topological polar surface area (TPSA) is 40.5 Å². The van der Waals surface area contributed by atoms with Crippen LogP contribution in [0.3, 0.4) is 0 Å². The average molecular weight is 457 g/mol. The number of fused-ring (bicyclic) bond motifs is 1. The van der Waals surface area contributed by atoms with Gasteiger partial charge in [-0.2, -0.15) is 0 Å². The highest BCUT2D eigenvalue weighted by molar-refractivity contribution is 5.29. The van der Waals surface area contributed by atoms with E-state index in [1.807, 2.05) is 0 Å². The van der Waals surface area contributed by atoms with Crippen LogP contribution in [0.2, 0.25) is 0 Å². The molecule has 2 nitrogen and oxygen atoms in total. The maximum atomic E-state index is 10.6. The first kappa shape index (κ1) is 26.7. The molecule has 3 fully saturated rings. The number of hydrogen-bond acceptors (Lipinski definition) is 2. The fourth-order valence-electron chi connectivity index (χ4n) is 7.49. The monoisotopic (exact) mass is 456 g/mol. The molecule has 0 radical (unpaired) electrons. The molecule has 3 rings (SSSR count). The van der Waals surface area contributed by atoms with Crippen LogP contribution in [0, 0.1) is 40.4 Å². The summed E-state index contributed by atoms with van der Waals surface area (Å²) in [6.07, 6.45) is 14.7. The predicted molar refractivity (Wildman–Crippen MR) is 141 cm³/mol. The van der Waals surface area contributed by atoms with E-state index in [-0.39, 0.29) is 11.8 Å². The maximum absolute atomic E-state index is 10.6. The van der Waals surface area contributed by atoms with Crippen molar-refractivity contribution in [1.29, 1.82) is 0 Å². The third-order valence-electron chi connectivity index (χ3n) is 9.93. The normalized spacial score (nSPS) is 41.3. The van der Waals surface area contributed by atoms with Crippen molar-refractivity contribution in [2.75, 3.05) is 0 Å². The Hall–Kier alpha value is -0.860. The largest absolute Gasteiger partial charge is 0.388 e. The Bertz CT molecular complexity index is 753. The number of rotatable bonds is 5. The van der Waals surface area contributed by atoms with Crippen LogP contribution in [0.15, 0.2) is 35.5 Å². The van der Waals surface area contributed by atoms with Gasteiger partial charge in [-0.1, -0.05) is 91.2 Å². The van der Waals surface area contributed by atoms with E-state index in [1.54, 1.807) is 5.57 Å². The molecule has 3 aliphatic carbocycles. The Morgan fingerprint density at radius 1 is 1.12 bits per heavy atom. The molecule has 2 N–H and O–H groups in total. The van der Waals surface area contributed by atoms with E-state index in [4.69, 9.17) is 0 Å². The molecule has 0 amide bonds. The van der Waals surface area contributed by atoms with Crippen molar-refractivity contribution in [2.24, 2.45) is 40.4 Å². The predicted octanol–water partition coefficient (Wildman–Crippen LogP) is 7.86. The Kier molecular flexibility index (Phi) is 8.43. The summed E-state index contributed by atoms with van der Waals surface area (Å²) in [6, 6.07) is 0. The molecule has 0 heterocycles. The third-order valence-corrected chi connectivity index (χ3v) is 9.93. The Labute approximate surface area is 204 Å². The van der Waals surface area contributed by atoms with E-state index < -0.39 is 12.2 Å². The van der Waals surface area contributed by atoms with Gasteiger partial charge in [-0.3, -0.25) is 0 Å². The lowest BCUT2D eigenvalue weighted by Gasteiger charge is -2.44. The molecule has 3 saturated carbocycles. The molecule has 0 bridgehead atoms. The van der Waals surface area contributed by atoms with Crippen molar-refractivity contribution in [1.82, 2.24) is 0 Å². The van der Waals surface area contributed by atoms with Gasteiger partial charge in [-0.05, 0) is 90.9 Å². The van der Waals surface area contributed by atoms with Crippen LogP contribution in [0.5, 0.6) is 0 Å². The third kappa shape index (κ3) is 5.87. The summed E-state index contributed by atoms with van der Waals surface area (Å²) < 4.78 is 0. The molecule has 2 unspecified atom stereocenters. The minimum atomic E-state index is -0.640. The molecule has 8 atom stereocenters. The van der Waals surface area contributed by atoms with Crippen molar-refractivity contribution < 1.29 is 10.2 Å². The van der Waals surface area contributed by atoms with Gasteiger partial charge in [0.05, 0.1) is 12.2 Å². The summed E-state index contributed by atoms with van der Waals surface area (Å²) in [6.45, 7) is 20.5. The molecular weight excluding hydrogens is 404 g/mol. The van der Waals surface area contributed by atoms with Gasteiger partial charge in [0.1, 0.15) is 0 Å². The van der Waals surface area contributed by atoms with E-state index in [1.165, 1.54) is 56.9 Å². The van der Waals surface area contributed by atoms with Crippen LogP contribution in [-0.2, 0) is 0 Å². The lowest BCUT2D eigenvalue weighted by molar-refractivity contribution is 0.0920. The molecule has 2 heteroatoms. The van der Waals surface area contributed by atoms with Gasteiger partial charge in [-0.25, -0.2) is 0 Å². The van der Waals surface area contributed by atoms with Gasteiger partial charge >= 0.3 is 0 Å². The van der Waals surface area contributed by atoms with Crippen molar-refractivity contribution in [3.63, 3.8) is 0 Å². The molecule has 3 aliphatic rings. The maximum Gasteiger partial charge on any atom is 0.0809 e. The highest BCUT2D eigenvalue weighted by Gasteiger charge is 2.50. The van der Waals surface area contributed by atoms with Crippen LogP contribution in [-0.4, -0.2) is 22.4 Å². The van der Waals surface area contributed by atoms with Crippen molar-refractivity contribution in [3.8, 4) is 0 Å². The van der Waals surface area contributed by atoms with Crippen molar-refractivity contribution >= 4 is 0 Å². The first-order valence-electron chi connectivity index (χ1n) is 13.8. The molecular formula is C31H52O2. The van der Waals surface area contributed by atoms with Crippen molar-refractivity contribution in [2.45, 2.75) is 118 Å². The minimum Gasteiger partial charge on any atom is -0.388 e. The van der Waals surface area contributed by atoms with Gasteiger partial charge in [-0.15, -0.1) is 0 Å². The van der Waals surface area contributed by atoms with E-state index >= 15 is 0 Å². The summed E-state index contributed by atoms with van der Waals surface area (Å²) in [7, 11) is 0. The second kappa shape index (κ2) is 10.4. The van der Waals surface area contributed by atoms with Crippen LogP contribution < -0.4 is 0 Å². The SMILES string of the molecule is C=C1[C@H](O)C/C(=C/C=C2\CCC[C@]3(C)[C@@H]([C@H](C)CCCC(C)(C)C)CC[C@@H]23)C(C)C(C)[C@H]1O. The Morgan fingerprint density at radius 3 is 2.45 bits per heavy atom. The fraction of sp³-hybridized carbons (Fsp3) is 0.806. The lowest BCUT2D eigenvalue weighted by atomic mass is 9.60. The zero-order valence-corrected chi connectivity index (χ0v) is 22.7. The first-order valence-corrected chi connectivity index (χ1v) is 13.8. The minimum absolute atomic E-state index is 0.0840.